The van der Waals surface area contributed by atoms with Gasteiger partial charge < -0.3 is 15.1 Å². The van der Waals surface area contributed by atoms with Crippen LogP contribution in [0.1, 0.15) is 24.4 Å². The Morgan fingerprint density at radius 1 is 1.22 bits per heavy atom. The third-order valence-corrected chi connectivity index (χ3v) is 3.45. The van der Waals surface area contributed by atoms with Crippen molar-refractivity contribution in [3.63, 3.8) is 0 Å². The van der Waals surface area contributed by atoms with E-state index in [1.54, 1.807) is 24.3 Å². The van der Waals surface area contributed by atoms with Gasteiger partial charge in [-0.25, -0.2) is 9.59 Å². The average Bonchev–Trinajstić information content (AvgIpc) is 2.79. The van der Waals surface area contributed by atoms with Crippen molar-refractivity contribution in [2.24, 2.45) is 0 Å². The molecule has 0 radical (unpaired) electrons. The first kappa shape index (κ1) is 12.6. The maximum Gasteiger partial charge on any atom is 0.367 e. The second kappa shape index (κ2) is 5.18. The molecule has 3 atom stereocenters. The average molecular weight is 250 g/mol. The van der Waals surface area contributed by atoms with Crippen molar-refractivity contribution in [3.8, 4) is 0 Å². The predicted octanol–water partition coefficient (Wildman–Crippen LogP) is -0.0558. The molecule has 1 heterocycles. The molecular formula is C13H16NO4+. The van der Waals surface area contributed by atoms with Crippen LogP contribution in [0, 0.1) is 0 Å². The van der Waals surface area contributed by atoms with Gasteiger partial charge >= 0.3 is 11.9 Å². The molecule has 0 amide bonds. The summed E-state index contributed by atoms with van der Waals surface area (Å²) in [6.07, 6.45) is 1.30. The van der Waals surface area contributed by atoms with Gasteiger partial charge in [0, 0.05) is 18.4 Å². The quantitative estimate of drug-likeness (QED) is 0.699. The molecule has 0 bridgehead atoms. The monoisotopic (exact) mass is 250 g/mol. The van der Waals surface area contributed by atoms with Crippen molar-refractivity contribution < 1.29 is 24.7 Å². The van der Waals surface area contributed by atoms with Crippen molar-refractivity contribution >= 4 is 11.9 Å². The highest BCUT2D eigenvalue weighted by atomic mass is 16.4. The molecule has 1 saturated heterocycles. The standard InChI is InChI=1S/C13H15NO4/c15-12(16)10-7-4-8-14(10)11(13(17)18)9-5-2-1-3-6-9/h1-3,5-6,10-11H,4,7-8H2,(H,15,16)(H,17,18)/p+1/t10-,11-/m0/s1. The van der Waals surface area contributed by atoms with Crippen molar-refractivity contribution in [3.05, 3.63) is 35.9 Å². The molecule has 0 aromatic heterocycles. The van der Waals surface area contributed by atoms with E-state index in [1.165, 1.54) is 0 Å². The van der Waals surface area contributed by atoms with Crippen LogP contribution in [-0.4, -0.2) is 34.7 Å². The molecule has 1 aromatic rings. The van der Waals surface area contributed by atoms with Crippen LogP contribution < -0.4 is 4.90 Å². The summed E-state index contributed by atoms with van der Waals surface area (Å²) in [5.41, 5.74) is 0.660. The molecule has 3 N–H and O–H groups in total. The van der Waals surface area contributed by atoms with Gasteiger partial charge in [0.1, 0.15) is 0 Å². The molecule has 1 fully saturated rings. The zero-order valence-corrected chi connectivity index (χ0v) is 9.87. The molecule has 5 nitrogen and oxygen atoms in total. The topological polar surface area (TPSA) is 79.0 Å². The maximum absolute atomic E-state index is 11.4. The summed E-state index contributed by atoms with van der Waals surface area (Å²) in [6, 6.07) is 7.43. The molecule has 96 valence electrons. The highest BCUT2D eigenvalue weighted by molar-refractivity contribution is 5.76. The Morgan fingerprint density at radius 2 is 1.89 bits per heavy atom. The number of rotatable bonds is 4. The number of likely N-dealkylation sites (tertiary alicyclic amines) is 1. The second-order valence-electron chi connectivity index (χ2n) is 4.54. The fourth-order valence-corrected chi connectivity index (χ4v) is 2.66. The van der Waals surface area contributed by atoms with Crippen LogP contribution in [0.3, 0.4) is 0 Å². The van der Waals surface area contributed by atoms with Crippen LogP contribution in [0.15, 0.2) is 30.3 Å². The molecular weight excluding hydrogens is 234 g/mol. The molecule has 5 heteroatoms. The lowest BCUT2D eigenvalue weighted by atomic mass is 10.0. The Hall–Kier alpha value is -1.88. The lowest BCUT2D eigenvalue weighted by Gasteiger charge is -2.25. The minimum atomic E-state index is -0.968. The van der Waals surface area contributed by atoms with Crippen molar-refractivity contribution in [2.75, 3.05) is 6.54 Å². The number of hydrogen-bond donors (Lipinski definition) is 3. The van der Waals surface area contributed by atoms with Gasteiger partial charge in [-0.05, 0) is 0 Å². The minimum absolute atomic E-state index is 0.543. The number of aliphatic carboxylic acids is 2. The molecule has 1 aliphatic heterocycles. The lowest BCUT2D eigenvalue weighted by molar-refractivity contribution is -0.926. The Bertz CT molecular complexity index is 446. The van der Waals surface area contributed by atoms with Gasteiger partial charge in [-0.3, -0.25) is 0 Å². The van der Waals surface area contributed by atoms with E-state index in [0.29, 0.717) is 23.4 Å². The van der Waals surface area contributed by atoms with Gasteiger partial charge in [0.2, 0.25) is 6.04 Å². The summed E-state index contributed by atoms with van der Waals surface area (Å²) < 4.78 is 0. The van der Waals surface area contributed by atoms with Crippen LogP contribution in [0.25, 0.3) is 0 Å². The van der Waals surface area contributed by atoms with Crippen molar-refractivity contribution in [1.29, 1.82) is 0 Å². The van der Waals surface area contributed by atoms with Crippen molar-refractivity contribution in [1.82, 2.24) is 0 Å². The van der Waals surface area contributed by atoms with E-state index in [2.05, 4.69) is 0 Å². The van der Waals surface area contributed by atoms with E-state index in [4.69, 9.17) is 5.11 Å². The molecule has 2 rings (SSSR count). The molecule has 18 heavy (non-hydrogen) atoms. The van der Waals surface area contributed by atoms with E-state index < -0.39 is 24.0 Å². The van der Waals surface area contributed by atoms with E-state index in [-0.39, 0.29) is 0 Å². The Balaban J connectivity index is 2.31. The Labute approximate surface area is 105 Å². The van der Waals surface area contributed by atoms with Gasteiger partial charge in [-0.15, -0.1) is 0 Å². The third kappa shape index (κ3) is 2.36. The molecule has 0 spiro atoms. The number of carboxylic acids is 2. The fraction of sp³-hybridized carbons (Fsp3) is 0.385. The first-order valence-corrected chi connectivity index (χ1v) is 5.97. The zero-order valence-electron chi connectivity index (χ0n) is 9.87. The summed E-state index contributed by atoms with van der Waals surface area (Å²) in [6.45, 7) is 0.586. The molecule has 1 unspecified atom stereocenters. The number of nitrogens with one attached hydrogen (secondary N) is 1. The smallest absolute Gasteiger partial charge is 0.367 e. The Morgan fingerprint density at radius 3 is 2.44 bits per heavy atom. The van der Waals surface area contributed by atoms with Gasteiger partial charge in [0.15, 0.2) is 6.04 Å². The molecule has 0 aliphatic carbocycles. The zero-order chi connectivity index (χ0) is 13.1. The summed E-state index contributed by atoms with van der Waals surface area (Å²) in [5.74, 6) is -1.88. The maximum atomic E-state index is 11.4. The summed E-state index contributed by atoms with van der Waals surface area (Å²) >= 11 is 0. The molecule has 1 aliphatic rings. The summed E-state index contributed by atoms with van der Waals surface area (Å²) in [4.78, 5) is 23.2. The highest BCUT2D eigenvalue weighted by Gasteiger charge is 2.43. The fourth-order valence-electron chi connectivity index (χ4n) is 2.66. The normalized spacial score (nSPS) is 24.7. The van der Waals surface area contributed by atoms with Crippen LogP contribution in [-0.2, 0) is 9.59 Å². The number of benzene rings is 1. The summed E-state index contributed by atoms with van der Waals surface area (Å²) in [5, 5.41) is 18.5. The first-order valence-electron chi connectivity index (χ1n) is 5.97. The number of carbonyl (C=O) groups is 2. The van der Waals surface area contributed by atoms with E-state index in [9.17, 15) is 14.7 Å². The van der Waals surface area contributed by atoms with Crippen LogP contribution in [0.4, 0.5) is 0 Å². The van der Waals surface area contributed by atoms with Gasteiger partial charge in [0.25, 0.3) is 0 Å². The van der Waals surface area contributed by atoms with Gasteiger partial charge in [-0.2, -0.15) is 0 Å². The highest BCUT2D eigenvalue weighted by Crippen LogP contribution is 2.13. The number of quaternary nitrogens is 1. The number of hydrogen-bond acceptors (Lipinski definition) is 2. The summed E-state index contributed by atoms with van der Waals surface area (Å²) in [7, 11) is 0. The van der Waals surface area contributed by atoms with E-state index in [0.717, 1.165) is 6.42 Å². The van der Waals surface area contributed by atoms with Crippen LogP contribution in [0.5, 0.6) is 0 Å². The lowest BCUT2D eigenvalue weighted by Crippen LogP contribution is -3.15. The molecule has 1 aromatic carbocycles. The van der Waals surface area contributed by atoms with Gasteiger partial charge in [-0.1, -0.05) is 30.3 Å². The van der Waals surface area contributed by atoms with E-state index >= 15 is 0 Å². The SMILES string of the molecule is O=C(O)[C@H](c1ccccc1)[NH+]1CCC[C@H]1C(=O)O. The molecule has 0 saturated carbocycles. The largest absolute Gasteiger partial charge is 0.477 e. The minimum Gasteiger partial charge on any atom is -0.477 e. The van der Waals surface area contributed by atoms with Crippen LogP contribution >= 0.6 is 0 Å². The second-order valence-corrected chi connectivity index (χ2v) is 4.54. The van der Waals surface area contributed by atoms with Crippen LogP contribution in [0.2, 0.25) is 0 Å². The third-order valence-electron chi connectivity index (χ3n) is 3.45. The van der Waals surface area contributed by atoms with E-state index in [1.807, 2.05) is 6.07 Å². The predicted molar refractivity (Wildman–Crippen MR) is 63.3 cm³/mol. The van der Waals surface area contributed by atoms with Gasteiger partial charge in [0.05, 0.1) is 6.54 Å². The Kier molecular flexibility index (Phi) is 3.62. The number of carboxylic acid groups (broad SMARTS) is 2. The first-order chi connectivity index (χ1) is 8.61. The van der Waals surface area contributed by atoms with Crippen molar-refractivity contribution in [2.45, 2.75) is 24.9 Å².